The molecule has 0 fully saturated rings. The molecule has 2 aromatic rings. The Bertz CT molecular complexity index is 764. The number of carbonyl (C=O) groups is 1. The van der Waals surface area contributed by atoms with Gasteiger partial charge in [-0.1, -0.05) is 31.6 Å². The van der Waals surface area contributed by atoms with Gasteiger partial charge in [-0.05, 0) is 50.8 Å². The number of fused-ring (bicyclic) bond motifs is 1. The summed E-state index contributed by atoms with van der Waals surface area (Å²) >= 11 is 1.56. The van der Waals surface area contributed by atoms with Gasteiger partial charge in [-0.3, -0.25) is 10.2 Å². The van der Waals surface area contributed by atoms with Gasteiger partial charge in [0.05, 0.1) is 10.2 Å². The molecule has 130 valence electrons. The Morgan fingerprint density at radius 1 is 1.33 bits per heavy atom. The highest BCUT2D eigenvalue weighted by Crippen LogP contribution is 2.35. The summed E-state index contributed by atoms with van der Waals surface area (Å²) in [5, 5.41) is 8.15. The highest BCUT2D eigenvalue weighted by Gasteiger charge is 2.14. The Morgan fingerprint density at radius 3 is 2.75 bits per heavy atom. The number of hydrogen-bond acceptors (Lipinski definition) is 5. The first-order chi connectivity index (χ1) is 11.5. The van der Waals surface area contributed by atoms with Crippen LogP contribution in [0.25, 0.3) is 10.2 Å². The quantitative estimate of drug-likeness (QED) is 0.532. The molecule has 2 N–H and O–H groups in total. The summed E-state index contributed by atoms with van der Waals surface area (Å²) in [5.74, 6) is 0.0773. The van der Waals surface area contributed by atoms with Crippen molar-refractivity contribution in [2.45, 2.75) is 60.3 Å². The van der Waals surface area contributed by atoms with Crippen LogP contribution in [0, 0.1) is 13.8 Å². The molecule has 0 saturated heterocycles. The Labute approximate surface area is 147 Å². The van der Waals surface area contributed by atoms with Gasteiger partial charge in [0.2, 0.25) is 11.0 Å². The average molecular weight is 347 g/mol. The fraction of sp³-hybridized carbons (Fsp3) is 0.500. The second-order valence-corrected chi connectivity index (χ2v) is 7.02. The smallest absolute Gasteiger partial charge is 0.224 e. The lowest BCUT2D eigenvalue weighted by atomic mass is 10.1. The zero-order valence-electron chi connectivity index (χ0n) is 15.1. The van der Waals surface area contributed by atoms with Gasteiger partial charge in [-0.2, -0.15) is 5.10 Å². The zero-order chi connectivity index (χ0) is 17.7. The molecule has 0 aliphatic carbocycles. The molecule has 1 heterocycles. The van der Waals surface area contributed by atoms with Crippen molar-refractivity contribution in [2.75, 3.05) is 10.7 Å². The van der Waals surface area contributed by atoms with Crippen LogP contribution in [0.5, 0.6) is 0 Å². The minimum absolute atomic E-state index is 0.0773. The molecule has 2 rings (SSSR count). The van der Waals surface area contributed by atoms with E-state index in [0.717, 1.165) is 57.1 Å². The van der Waals surface area contributed by atoms with Crippen molar-refractivity contribution in [3.8, 4) is 0 Å². The lowest BCUT2D eigenvalue weighted by Gasteiger charge is -2.12. The van der Waals surface area contributed by atoms with Crippen molar-refractivity contribution in [3.63, 3.8) is 0 Å². The Hall–Kier alpha value is -1.95. The normalized spacial score (nSPS) is 11.8. The number of carbonyl (C=O) groups excluding carboxylic acids is 1. The van der Waals surface area contributed by atoms with Crippen LogP contribution in [0.1, 0.15) is 57.6 Å². The minimum atomic E-state index is 0.0773. The third-order valence-corrected chi connectivity index (χ3v) is 5.09. The molecule has 1 aromatic carbocycles. The summed E-state index contributed by atoms with van der Waals surface area (Å²) in [6.07, 6.45) is 3.40. The third kappa shape index (κ3) is 4.32. The number of amides is 1. The molecular weight excluding hydrogens is 320 g/mol. The lowest BCUT2D eigenvalue weighted by Crippen LogP contribution is -2.13. The van der Waals surface area contributed by atoms with Gasteiger partial charge in [0.15, 0.2) is 0 Å². The number of hydrazone groups is 1. The Balaban J connectivity index is 2.29. The molecular formula is C18H26N4OS. The summed E-state index contributed by atoms with van der Waals surface area (Å²) in [6.45, 7) is 10.2. The van der Waals surface area contributed by atoms with Gasteiger partial charge in [0, 0.05) is 17.8 Å². The summed E-state index contributed by atoms with van der Waals surface area (Å²) < 4.78 is 1.08. The van der Waals surface area contributed by atoms with Crippen LogP contribution in [0.2, 0.25) is 0 Å². The van der Waals surface area contributed by atoms with Gasteiger partial charge in [0.1, 0.15) is 0 Å². The van der Waals surface area contributed by atoms with E-state index in [0.29, 0.717) is 6.42 Å². The summed E-state index contributed by atoms with van der Waals surface area (Å²) in [5.41, 5.74) is 8.01. The number of hydrogen-bond donors (Lipinski definition) is 2. The highest BCUT2D eigenvalue weighted by atomic mass is 32.1. The van der Waals surface area contributed by atoms with E-state index in [9.17, 15) is 4.79 Å². The molecule has 0 atom stereocenters. The van der Waals surface area contributed by atoms with E-state index in [-0.39, 0.29) is 5.91 Å². The second-order valence-electron chi connectivity index (χ2n) is 6.02. The predicted octanol–water partition coefficient (Wildman–Crippen LogP) is 5.24. The van der Waals surface area contributed by atoms with E-state index in [4.69, 9.17) is 0 Å². The highest BCUT2D eigenvalue weighted by molar-refractivity contribution is 7.22. The number of benzene rings is 1. The molecule has 0 bridgehead atoms. The molecule has 0 saturated carbocycles. The molecule has 0 aliphatic rings. The van der Waals surface area contributed by atoms with E-state index in [2.05, 4.69) is 34.7 Å². The molecule has 0 radical (unpaired) electrons. The van der Waals surface area contributed by atoms with Crippen LogP contribution >= 0.6 is 11.3 Å². The van der Waals surface area contributed by atoms with Crippen molar-refractivity contribution in [1.82, 2.24) is 4.98 Å². The number of thiazole rings is 1. The molecule has 1 aromatic heterocycles. The third-order valence-electron chi connectivity index (χ3n) is 3.99. The Morgan fingerprint density at radius 2 is 2.08 bits per heavy atom. The zero-order valence-corrected chi connectivity index (χ0v) is 15.9. The lowest BCUT2D eigenvalue weighted by molar-refractivity contribution is -0.116. The maximum Gasteiger partial charge on any atom is 0.224 e. The van der Waals surface area contributed by atoms with Gasteiger partial charge in [-0.25, -0.2) is 4.98 Å². The number of nitrogens with zero attached hydrogens (tertiary/aromatic N) is 2. The van der Waals surface area contributed by atoms with Crippen LogP contribution in [0.3, 0.4) is 0 Å². The average Bonchev–Trinajstić information content (AvgIpc) is 2.97. The van der Waals surface area contributed by atoms with Gasteiger partial charge < -0.3 is 5.32 Å². The fourth-order valence-electron chi connectivity index (χ4n) is 2.39. The monoisotopic (exact) mass is 346 g/mol. The largest absolute Gasteiger partial charge is 0.326 e. The second kappa shape index (κ2) is 8.24. The molecule has 0 aliphatic heterocycles. The molecule has 5 nitrogen and oxygen atoms in total. The van der Waals surface area contributed by atoms with Crippen molar-refractivity contribution in [3.05, 3.63) is 17.2 Å². The van der Waals surface area contributed by atoms with E-state index >= 15 is 0 Å². The van der Waals surface area contributed by atoms with Crippen LogP contribution in [0.15, 0.2) is 11.2 Å². The number of rotatable bonds is 7. The maximum atomic E-state index is 12.1. The number of nitrogens with one attached hydrogen (secondary N) is 2. The first-order valence-electron chi connectivity index (χ1n) is 8.46. The predicted molar refractivity (Wildman–Crippen MR) is 104 cm³/mol. The maximum absolute atomic E-state index is 12.1. The van der Waals surface area contributed by atoms with Crippen LogP contribution in [-0.2, 0) is 4.79 Å². The van der Waals surface area contributed by atoms with Crippen LogP contribution in [-0.4, -0.2) is 16.6 Å². The number of aryl methyl sites for hydroxylation is 2. The first-order valence-corrected chi connectivity index (χ1v) is 9.27. The first kappa shape index (κ1) is 18.4. The van der Waals surface area contributed by atoms with E-state index < -0.39 is 0 Å². The van der Waals surface area contributed by atoms with Crippen molar-refractivity contribution in [2.24, 2.45) is 5.10 Å². The number of aromatic nitrogens is 1. The van der Waals surface area contributed by atoms with Crippen molar-refractivity contribution in [1.29, 1.82) is 0 Å². The van der Waals surface area contributed by atoms with Gasteiger partial charge in [0.25, 0.3) is 0 Å². The van der Waals surface area contributed by atoms with Crippen molar-refractivity contribution >= 4 is 44.0 Å². The minimum Gasteiger partial charge on any atom is -0.326 e. The molecule has 0 unspecified atom stereocenters. The number of anilines is 2. The summed E-state index contributed by atoms with van der Waals surface area (Å²) in [4.78, 5) is 16.7. The SMILES string of the molecule is CCCCC(=O)Nc1c(C)cc2nc(N/N=C(\C)CC)sc2c1C. The topological polar surface area (TPSA) is 66.4 Å². The summed E-state index contributed by atoms with van der Waals surface area (Å²) in [7, 11) is 0. The van der Waals surface area contributed by atoms with Gasteiger partial charge in [-0.15, -0.1) is 0 Å². The van der Waals surface area contributed by atoms with E-state index in [1.165, 1.54) is 0 Å². The summed E-state index contributed by atoms with van der Waals surface area (Å²) in [6, 6.07) is 2.02. The number of unbranched alkanes of at least 4 members (excludes halogenated alkanes) is 1. The van der Waals surface area contributed by atoms with Crippen molar-refractivity contribution < 1.29 is 4.79 Å². The van der Waals surface area contributed by atoms with Crippen LogP contribution in [0.4, 0.5) is 10.8 Å². The van der Waals surface area contributed by atoms with Crippen LogP contribution < -0.4 is 10.7 Å². The molecule has 0 spiro atoms. The standard InChI is InChI=1S/C18H26N4OS/c1-6-8-9-15(23)20-16-11(3)10-14-17(13(16)5)24-18(19-14)22-21-12(4)7-2/h10H,6-9H2,1-5H3,(H,19,22)(H,20,23)/b21-12+. The van der Waals surface area contributed by atoms with E-state index in [1.807, 2.05) is 26.8 Å². The Kier molecular flexibility index (Phi) is 6.31. The molecule has 1 amide bonds. The molecule has 24 heavy (non-hydrogen) atoms. The van der Waals surface area contributed by atoms with Gasteiger partial charge >= 0.3 is 0 Å². The fourth-order valence-corrected chi connectivity index (χ4v) is 3.28. The van der Waals surface area contributed by atoms with E-state index in [1.54, 1.807) is 11.3 Å². The molecule has 6 heteroatoms.